The van der Waals surface area contributed by atoms with Gasteiger partial charge in [-0.05, 0) is 61.5 Å². The molecule has 0 radical (unpaired) electrons. The number of ether oxygens (including phenoxy) is 2. The van der Waals surface area contributed by atoms with E-state index in [4.69, 9.17) is 9.47 Å². The zero-order valence-electron chi connectivity index (χ0n) is 15.9. The van der Waals surface area contributed by atoms with E-state index < -0.39 is 17.6 Å². The molecule has 0 fully saturated rings. The molecular formula is C21H19N3O5. The zero-order chi connectivity index (χ0) is 20.8. The summed E-state index contributed by atoms with van der Waals surface area (Å²) >= 11 is 0. The van der Waals surface area contributed by atoms with Gasteiger partial charge in [-0.15, -0.1) is 0 Å². The lowest BCUT2D eigenvalue weighted by molar-refractivity contribution is 0.0526. The molecule has 8 heteroatoms. The van der Waals surface area contributed by atoms with Crippen LogP contribution in [0.5, 0.6) is 5.75 Å². The van der Waals surface area contributed by atoms with Crippen molar-refractivity contribution in [3.63, 3.8) is 0 Å². The second-order valence-corrected chi connectivity index (χ2v) is 5.97. The van der Waals surface area contributed by atoms with Crippen molar-refractivity contribution in [3.05, 3.63) is 76.3 Å². The fourth-order valence-corrected chi connectivity index (χ4v) is 2.59. The van der Waals surface area contributed by atoms with E-state index in [1.54, 1.807) is 62.6 Å². The van der Waals surface area contributed by atoms with Gasteiger partial charge in [0.1, 0.15) is 11.4 Å². The summed E-state index contributed by atoms with van der Waals surface area (Å²) in [6.45, 7) is 2.01. The van der Waals surface area contributed by atoms with E-state index in [-0.39, 0.29) is 12.3 Å². The van der Waals surface area contributed by atoms with Gasteiger partial charge in [0.05, 0.1) is 25.0 Å². The Kier molecular flexibility index (Phi) is 6.03. The quantitative estimate of drug-likeness (QED) is 0.623. The number of H-pyrrole nitrogens is 1. The fraction of sp³-hybridized carbons (Fsp3) is 0.143. The number of amides is 1. The van der Waals surface area contributed by atoms with Crippen LogP contribution in [0.2, 0.25) is 0 Å². The number of carbonyl (C=O) groups excluding carboxylic acids is 2. The Bertz CT molecular complexity index is 1070. The Labute approximate surface area is 166 Å². The van der Waals surface area contributed by atoms with Crippen molar-refractivity contribution in [2.24, 2.45) is 0 Å². The van der Waals surface area contributed by atoms with Gasteiger partial charge < -0.3 is 19.8 Å². The van der Waals surface area contributed by atoms with Crippen molar-refractivity contribution in [1.82, 2.24) is 9.97 Å². The molecule has 0 atom stereocenters. The molecule has 3 rings (SSSR count). The Morgan fingerprint density at radius 3 is 2.38 bits per heavy atom. The number of methoxy groups -OCH3 is 1. The molecule has 8 nitrogen and oxygen atoms in total. The number of aromatic amines is 1. The largest absolute Gasteiger partial charge is 0.497 e. The number of benzene rings is 2. The average molecular weight is 393 g/mol. The number of carbonyl (C=O) groups is 2. The van der Waals surface area contributed by atoms with Crippen LogP contribution in [0.3, 0.4) is 0 Å². The van der Waals surface area contributed by atoms with Gasteiger partial charge in [-0.2, -0.15) is 4.98 Å². The highest BCUT2D eigenvalue weighted by molar-refractivity contribution is 6.03. The normalized spacial score (nSPS) is 10.3. The summed E-state index contributed by atoms with van der Waals surface area (Å²) in [4.78, 5) is 42.5. The second kappa shape index (κ2) is 8.83. The highest BCUT2D eigenvalue weighted by atomic mass is 16.5. The van der Waals surface area contributed by atoms with Crippen LogP contribution in [0.15, 0.2) is 59.4 Å². The minimum absolute atomic E-state index is 0.0605. The molecule has 0 saturated carbocycles. The molecule has 0 spiro atoms. The molecule has 0 saturated heterocycles. The number of hydrogen-bond donors (Lipinski definition) is 2. The maximum Gasteiger partial charge on any atom is 0.346 e. The minimum atomic E-state index is -0.638. The van der Waals surface area contributed by atoms with Gasteiger partial charge in [-0.3, -0.25) is 4.79 Å². The van der Waals surface area contributed by atoms with Gasteiger partial charge in [0.2, 0.25) is 0 Å². The van der Waals surface area contributed by atoms with Crippen LogP contribution >= 0.6 is 0 Å². The van der Waals surface area contributed by atoms with E-state index in [1.807, 2.05) is 0 Å². The van der Waals surface area contributed by atoms with E-state index in [1.165, 1.54) is 6.07 Å². The number of aromatic nitrogens is 2. The lowest BCUT2D eigenvalue weighted by Crippen LogP contribution is -2.21. The molecule has 1 heterocycles. The molecular weight excluding hydrogens is 374 g/mol. The monoisotopic (exact) mass is 393 g/mol. The Morgan fingerprint density at radius 1 is 1.07 bits per heavy atom. The Balaban J connectivity index is 1.79. The summed E-state index contributed by atoms with van der Waals surface area (Å²) in [5.41, 5.74) is 1.30. The fourth-order valence-electron chi connectivity index (χ4n) is 2.59. The average Bonchev–Trinajstić information content (AvgIpc) is 2.74. The summed E-state index contributed by atoms with van der Waals surface area (Å²) in [7, 11) is 1.56. The minimum Gasteiger partial charge on any atom is -0.497 e. The van der Waals surface area contributed by atoms with Crippen molar-refractivity contribution in [3.8, 4) is 17.0 Å². The van der Waals surface area contributed by atoms with Gasteiger partial charge >= 0.3 is 11.7 Å². The predicted octanol–water partition coefficient (Wildman–Crippen LogP) is 2.87. The zero-order valence-corrected chi connectivity index (χ0v) is 15.9. The third kappa shape index (κ3) is 4.86. The molecule has 148 valence electrons. The molecule has 2 N–H and O–H groups in total. The molecule has 2 aromatic carbocycles. The molecule has 0 unspecified atom stereocenters. The number of nitrogens with one attached hydrogen (secondary N) is 2. The Hall–Kier alpha value is -3.94. The predicted molar refractivity (Wildman–Crippen MR) is 107 cm³/mol. The van der Waals surface area contributed by atoms with Gasteiger partial charge in [-0.25, -0.2) is 9.59 Å². The maximum absolute atomic E-state index is 12.6. The van der Waals surface area contributed by atoms with Crippen molar-refractivity contribution in [1.29, 1.82) is 0 Å². The first-order chi connectivity index (χ1) is 14.0. The smallest absolute Gasteiger partial charge is 0.346 e. The van der Waals surface area contributed by atoms with Crippen LogP contribution in [0.25, 0.3) is 11.3 Å². The van der Waals surface area contributed by atoms with Gasteiger partial charge in [0, 0.05) is 11.3 Å². The third-order valence-electron chi connectivity index (χ3n) is 4.03. The molecule has 0 aliphatic rings. The van der Waals surface area contributed by atoms with E-state index >= 15 is 0 Å². The first-order valence-electron chi connectivity index (χ1n) is 8.84. The van der Waals surface area contributed by atoms with Crippen LogP contribution in [0.1, 0.15) is 27.8 Å². The molecule has 29 heavy (non-hydrogen) atoms. The summed E-state index contributed by atoms with van der Waals surface area (Å²) in [5.74, 6) is -0.279. The molecule has 1 amide bonds. The second-order valence-electron chi connectivity index (χ2n) is 5.97. The molecule has 1 aromatic heterocycles. The van der Waals surface area contributed by atoms with Gasteiger partial charge in [-0.1, -0.05) is 0 Å². The molecule has 0 aliphatic carbocycles. The number of rotatable bonds is 6. The first-order valence-corrected chi connectivity index (χ1v) is 8.84. The maximum atomic E-state index is 12.6. The van der Waals surface area contributed by atoms with Crippen LogP contribution in [0.4, 0.5) is 5.69 Å². The van der Waals surface area contributed by atoms with Crippen molar-refractivity contribution in [2.75, 3.05) is 19.0 Å². The van der Waals surface area contributed by atoms with E-state index in [2.05, 4.69) is 15.3 Å². The Morgan fingerprint density at radius 2 is 1.76 bits per heavy atom. The highest BCUT2D eigenvalue weighted by Crippen LogP contribution is 2.20. The number of anilines is 1. The topological polar surface area (TPSA) is 110 Å². The number of nitrogens with zero attached hydrogens (tertiary/aromatic N) is 1. The van der Waals surface area contributed by atoms with Crippen LogP contribution in [-0.2, 0) is 4.74 Å². The standard InChI is InChI=1S/C21H19N3O5/c1-3-29-20(26)14-4-8-15(9-5-14)22-19(25)18-12-17(23-21(27)24-18)13-6-10-16(28-2)11-7-13/h4-12H,3H2,1-2H3,(H,22,25)(H,23,24,27). The van der Waals surface area contributed by atoms with Crippen LogP contribution in [0, 0.1) is 0 Å². The van der Waals surface area contributed by atoms with Gasteiger partial charge in [0.15, 0.2) is 0 Å². The van der Waals surface area contributed by atoms with E-state index in [9.17, 15) is 14.4 Å². The summed E-state index contributed by atoms with van der Waals surface area (Å²) in [6, 6.07) is 14.7. The lowest BCUT2D eigenvalue weighted by atomic mass is 10.1. The number of hydrogen-bond acceptors (Lipinski definition) is 6. The summed E-state index contributed by atoms with van der Waals surface area (Å²) < 4.78 is 10.0. The van der Waals surface area contributed by atoms with Crippen molar-refractivity contribution < 1.29 is 19.1 Å². The van der Waals surface area contributed by atoms with Crippen molar-refractivity contribution in [2.45, 2.75) is 6.92 Å². The third-order valence-corrected chi connectivity index (χ3v) is 4.03. The van der Waals surface area contributed by atoms with E-state index in [0.717, 1.165) is 0 Å². The SMILES string of the molecule is CCOC(=O)c1ccc(NC(=O)c2cc(-c3ccc(OC)cc3)nc(=O)[nH]2)cc1. The summed E-state index contributed by atoms with van der Waals surface area (Å²) in [6.07, 6.45) is 0. The molecule has 0 aliphatic heterocycles. The van der Waals surface area contributed by atoms with Crippen molar-refractivity contribution >= 4 is 17.6 Å². The van der Waals surface area contributed by atoms with Gasteiger partial charge in [0.25, 0.3) is 5.91 Å². The first kappa shape index (κ1) is 19.8. The lowest BCUT2D eigenvalue weighted by Gasteiger charge is -2.08. The summed E-state index contributed by atoms with van der Waals surface area (Å²) in [5, 5.41) is 2.67. The van der Waals surface area contributed by atoms with Crippen LogP contribution in [-0.4, -0.2) is 35.6 Å². The van der Waals surface area contributed by atoms with E-state index in [0.29, 0.717) is 28.3 Å². The van der Waals surface area contributed by atoms with Crippen LogP contribution < -0.4 is 15.7 Å². The molecule has 0 bridgehead atoms. The highest BCUT2D eigenvalue weighted by Gasteiger charge is 2.12. The molecule has 3 aromatic rings. The number of esters is 1.